The fourth-order valence-electron chi connectivity index (χ4n) is 4.88. The molecule has 4 nitrogen and oxygen atoms in total. The Morgan fingerprint density at radius 2 is 1.78 bits per heavy atom. The molecule has 0 aliphatic carbocycles. The smallest absolute Gasteiger partial charge is 0.343 e. The number of para-hydroxylation sites is 2. The lowest BCUT2D eigenvalue weighted by Gasteiger charge is -2.15. The molecule has 0 bridgehead atoms. The van der Waals surface area contributed by atoms with Gasteiger partial charge in [0.1, 0.15) is 12.8 Å². The van der Waals surface area contributed by atoms with E-state index in [1.165, 1.54) is 28.2 Å². The highest BCUT2D eigenvalue weighted by Gasteiger charge is 2.42. The first-order chi connectivity index (χ1) is 15.4. The van der Waals surface area contributed by atoms with Crippen molar-refractivity contribution in [2.45, 2.75) is 25.7 Å². The number of cyclic esters (lactones) is 1. The number of hydrogen-bond donors (Lipinski definition) is 0. The molecule has 160 valence electrons. The van der Waals surface area contributed by atoms with Gasteiger partial charge >= 0.3 is 5.97 Å². The van der Waals surface area contributed by atoms with E-state index >= 15 is 0 Å². The number of fused-ring (bicyclic) bond motifs is 2. The van der Waals surface area contributed by atoms with Crippen LogP contribution in [0.5, 0.6) is 0 Å². The molecule has 5 rings (SSSR count). The molecule has 3 heterocycles. The summed E-state index contributed by atoms with van der Waals surface area (Å²) >= 11 is 0. The zero-order valence-corrected chi connectivity index (χ0v) is 18.9. The molecule has 4 heteroatoms. The topological polar surface area (TPSA) is 32.5 Å². The van der Waals surface area contributed by atoms with Gasteiger partial charge in [-0.05, 0) is 49.8 Å². The molecule has 0 spiro atoms. The zero-order valence-electron chi connectivity index (χ0n) is 18.9. The van der Waals surface area contributed by atoms with Gasteiger partial charge in [0, 0.05) is 42.6 Å². The molecular formula is C28H27N2O2+. The van der Waals surface area contributed by atoms with Gasteiger partial charge in [-0.1, -0.05) is 36.4 Å². The van der Waals surface area contributed by atoms with Crippen LogP contribution in [-0.4, -0.2) is 30.4 Å². The van der Waals surface area contributed by atoms with E-state index in [-0.39, 0.29) is 11.4 Å². The maximum atomic E-state index is 12.5. The predicted octanol–water partition coefficient (Wildman–Crippen LogP) is 5.19. The van der Waals surface area contributed by atoms with Crippen molar-refractivity contribution < 1.29 is 14.1 Å². The lowest BCUT2D eigenvalue weighted by molar-refractivity contribution is -0.401. The van der Waals surface area contributed by atoms with Crippen LogP contribution in [0.4, 0.5) is 11.4 Å². The monoisotopic (exact) mass is 423 g/mol. The SMILES string of the molecule is CN1/C(=C/C=C2C=C(/C=C/C3=[N+](C)c4ccccc4C3(C)C)C(=O)O\2)Cc2ccccc21. The van der Waals surface area contributed by atoms with Crippen molar-refractivity contribution in [1.82, 2.24) is 0 Å². The van der Waals surface area contributed by atoms with Gasteiger partial charge < -0.3 is 9.64 Å². The molecule has 2 aromatic rings. The summed E-state index contributed by atoms with van der Waals surface area (Å²) in [5.41, 5.74) is 7.78. The number of allylic oxidation sites excluding steroid dienone is 5. The van der Waals surface area contributed by atoms with Crippen LogP contribution < -0.4 is 4.90 Å². The fraction of sp³-hybridized carbons (Fsp3) is 0.214. The molecule has 0 aromatic heterocycles. The Balaban J connectivity index is 1.38. The first-order valence-corrected chi connectivity index (χ1v) is 10.9. The largest absolute Gasteiger partial charge is 0.423 e. The molecule has 0 N–H and O–H groups in total. The lowest BCUT2D eigenvalue weighted by atomic mass is 9.81. The molecule has 32 heavy (non-hydrogen) atoms. The number of benzene rings is 2. The van der Waals surface area contributed by atoms with Crippen molar-refractivity contribution in [3.05, 3.63) is 107 Å². The molecule has 0 saturated heterocycles. The van der Waals surface area contributed by atoms with Crippen molar-refractivity contribution in [2.24, 2.45) is 0 Å². The highest BCUT2D eigenvalue weighted by molar-refractivity contribution is 6.05. The van der Waals surface area contributed by atoms with Crippen molar-refractivity contribution in [1.29, 1.82) is 0 Å². The molecule has 0 amide bonds. The van der Waals surface area contributed by atoms with E-state index < -0.39 is 0 Å². The van der Waals surface area contributed by atoms with Gasteiger partial charge in [-0.15, -0.1) is 0 Å². The third-order valence-corrected chi connectivity index (χ3v) is 6.70. The Morgan fingerprint density at radius 3 is 2.56 bits per heavy atom. The van der Waals surface area contributed by atoms with Crippen LogP contribution >= 0.6 is 0 Å². The number of hydrogen-bond acceptors (Lipinski definition) is 3. The number of esters is 1. The lowest BCUT2D eigenvalue weighted by Crippen LogP contribution is -2.26. The maximum absolute atomic E-state index is 12.5. The van der Waals surface area contributed by atoms with E-state index in [0.717, 1.165) is 12.1 Å². The summed E-state index contributed by atoms with van der Waals surface area (Å²) in [6.45, 7) is 4.42. The fourth-order valence-corrected chi connectivity index (χ4v) is 4.88. The number of rotatable bonds is 3. The van der Waals surface area contributed by atoms with E-state index in [4.69, 9.17) is 4.74 Å². The van der Waals surface area contributed by atoms with Gasteiger partial charge in [0.25, 0.3) is 0 Å². The van der Waals surface area contributed by atoms with Crippen LogP contribution in [0.1, 0.15) is 25.0 Å². The second-order valence-electron chi connectivity index (χ2n) is 9.00. The highest BCUT2D eigenvalue weighted by atomic mass is 16.5. The standard InChI is InChI=1S/C28H27N2O2/c1-28(2)23-10-6-8-12-25(23)30(4)26(28)16-13-20-18-22(32-27(20)31)15-14-21-17-19-9-5-7-11-24(19)29(21)3/h5-16,18H,17H2,1-4H3/q+1. The minimum absolute atomic E-state index is 0.129. The third-order valence-electron chi connectivity index (χ3n) is 6.70. The van der Waals surface area contributed by atoms with Crippen LogP contribution in [-0.2, 0) is 21.4 Å². The van der Waals surface area contributed by atoms with Crippen LogP contribution in [0.2, 0.25) is 0 Å². The first-order valence-electron chi connectivity index (χ1n) is 10.9. The van der Waals surface area contributed by atoms with Crippen molar-refractivity contribution in [3.63, 3.8) is 0 Å². The van der Waals surface area contributed by atoms with E-state index in [9.17, 15) is 4.79 Å². The number of anilines is 1. The maximum Gasteiger partial charge on any atom is 0.343 e. The Hall–Kier alpha value is -3.66. The van der Waals surface area contributed by atoms with Gasteiger partial charge in [0.05, 0.1) is 11.0 Å². The summed E-state index contributed by atoms with van der Waals surface area (Å²) in [6, 6.07) is 16.8. The van der Waals surface area contributed by atoms with Gasteiger partial charge in [-0.25, -0.2) is 4.79 Å². The third kappa shape index (κ3) is 3.23. The average Bonchev–Trinajstić information content (AvgIpc) is 3.37. The first kappa shape index (κ1) is 20.3. The molecule has 0 fully saturated rings. The van der Waals surface area contributed by atoms with Crippen molar-refractivity contribution in [2.75, 3.05) is 19.0 Å². The van der Waals surface area contributed by atoms with Crippen LogP contribution in [0, 0.1) is 0 Å². The Labute approximate surface area is 189 Å². The number of likely N-dealkylation sites (N-methyl/N-ethyl adjacent to an activating group) is 1. The normalized spacial score (nSPS) is 21.6. The number of ether oxygens (including phenoxy) is 1. The van der Waals surface area contributed by atoms with Crippen molar-refractivity contribution in [3.8, 4) is 0 Å². The molecule has 3 aliphatic rings. The second-order valence-corrected chi connectivity index (χ2v) is 9.00. The minimum Gasteiger partial charge on any atom is -0.423 e. The summed E-state index contributed by atoms with van der Waals surface area (Å²) in [7, 11) is 4.14. The average molecular weight is 424 g/mol. The Bertz CT molecular complexity index is 1290. The molecule has 0 radical (unpaired) electrons. The quantitative estimate of drug-likeness (QED) is 0.503. The molecule has 0 saturated carbocycles. The summed E-state index contributed by atoms with van der Waals surface area (Å²) in [6.07, 6.45) is 10.5. The van der Waals surface area contributed by atoms with Crippen molar-refractivity contribution >= 4 is 23.1 Å². The van der Waals surface area contributed by atoms with Gasteiger partial charge in [0.15, 0.2) is 5.71 Å². The second kappa shape index (κ2) is 7.49. The van der Waals surface area contributed by atoms with Gasteiger partial charge in [-0.3, -0.25) is 0 Å². The molecule has 2 aromatic carbocycles. The number of carbonyl (C=O) groups excluding carboxylic acids is 1. The van der Waals surface area contributed by atoms with E-state index in [1.807, 2.05) is 30.4 Å². The Kier molecular flexibility index (Phi) is 4.74. The molecule has 3 aliphatic heterocycles. The summed E-state index contributed by atoms with van der Waals surface area (Å²) in [5.74, 6) is 0.254. The Morgan fingerprint density at radius 1 is 1.03 bits per heavy atom. The summed E-state index contributed by atoms with van der Waals surface area (Å²) in [4.78, 5) is 14.6. The summed E-state index contributed by atoms with van der Waals surface area (Å²) < 4.78 is 7.69. The van der Waals surface area contributed by atoms with Crippen LogP contribution in [0.15, 0.2) is 95.9 Å². The van der Waals surface area contributed by atoms with Crippen LogP contribution in [0.3, 0.4) is 0 Å². The minimum atomic E-state index is -0.314. The molecule has 0 unspecified atom stereocenters. The zero-order chi connectivity index (χ0) is 22.5. The molecular weight excluding hydrogens is 396 g/mol. The van der Waals surface area contributed by atoms with E-state index in [0.29, 0.717) is 11.3 Å². The van der Waals surface area contributed by atoms with E-state index in [2.05, 4.69) is 85.9 Å². The van der Waals surface area contributed by atoms with Gasteiger partial charge in [-0.2, -0.15) is 4.58 Å². The highest BCUT2D eigenvalue weighted by Crippen LogP contribution is 2.39. The van der Waals surface area contributed by atoms with E-state index in [1.54, 1.807) is 0 Å². The van der Waals surface area contributed by atoms with Crippen LogP contribution in [0.25, 0.3) is 0 Å². The summed E-state index contributed by atoms with van der Waals surface area (Å²) in [5, 5.41) is 0. The number of carbonyl (C=O) groups is 1. The number of nitrogens with zero attached hydrogens (tertiary/aromatic N) is 2. The molecule has 0 atom stereocenters. The predicted molar refractivity (Wildman–Crippen MR) is 128 cm³/mol. The van der Waals surface area contributed by atoms with Gasteiger partial charge in [0.2, 0.25) is 5.69 Å².